The Hall–Kier alpha value is -1.16. The van der Waals surface area contributed by atoms with Crippen molar-refractivity contribution in [2.24, 2.45) is 0 Å². The Labute approximate surface area is 103 Å². The van der Waals surface area contributed by atoms with Crippen LogP contribution < -0.4 is 0 Å². The maximum atomic E-state index is 10.8. The van der Waals surface area contributed by atoms with Gasteiger partial charge in [-0.1, -0.05) is 31.4 Å². The molecule has 0 aliphatic carbocycles. The molecule has 2 heteroatoms. The average molecular weight is 310 g/mol. The van der Waals surface area contributed by atoms with Gasteiger partial charge in [0.2, 0.25) is 3.79 Å². The number of halogens is 1. The van der Waals surface area contributed by atoms with Gasteiger partial charge in [0, 0.05) is 22.6 Å². The largest absolute Gasteiger partial charge is 0.283 e. The highest BCUT2D eigenvalue weighted by molar-refractivity contribution is 14.1. The lowest BCUT2D eigenvalue weighted by Crippen LogP contribution is -1.81. The van der Waals surface area contributed by atoms with Crippen LogP contribution in [0.1, 0.15) is 16.7 Å². The van der Waals surface area contributed by atoms with Gasteiger partial charge in [-0.3, -0.25) is 4.79 Å². The molecule has 0 bridgehead atoms. The molecular weight excluding hydrogens is 299 g/mol. The van der Waals surface area contributed by atoms with E-state index in [0.717, 1.165) is 16.7 Å². The van der Waals surface area contributed by atoms with Crippen molar-refractivity contribution in [2.45, 2.75) is 0 Å². The lowest BCUT2D eigenvalue weighted by Gasteiger charge is -2.00. The number of allylic oxidation sites excluding steroid dienone is 1. The molecule has 0 unspecified atom stereocenters. The van der Waals surface area contributed by atoms with Crippen LogP contribution in [0.15, 0.2) is 37.4 Å². The molecule has 0 N–H and O–H groups in total. The first-order valence-corrected chi connectivity index (χ1v) is 5.51. The van der Waals surface area contributed by atoms with Gasteiger partial charge in [0.05, 0.1) is 0 Å². The third-order valence-electron chi connectivity index (χ3n) is 1.88. The van der Waals surface area contributed by atoms with E-state index < -0.39 is 0 Å². The molecule has 0 amide bonds. The topological polar surface area (TPSA) is 17.1 Å². The van der Waals surface area contributed by atoms with Gasteiger partial charge in [-0.2, -0.15) is 0 Å². The third kappa shape index (κ3) is 3.83. The predicted molar refractivity (Wildman–Crippen MR) is 74.7 cm³/mol. The van der Waals surface area contributed by atoms with Crippen molar-refractivity contribution in [1.82, 2.24) is 0 Å². The summed E-state index contributed by atoms with van der Waals surface area (Å²) in [5, 5.41) is 0. The Kier molecular flexibility index (Phi) is 4.49. The molecule has 0 aromatic heterocycles. The Balaban J connectivity index is 3.12. The number of carbonyl (C=O) groups is 1. The maximum Gasteiger partial charge on any atom is 0.215 e. The van der Waals surface area contributed by atoms with Crippen molar-refractivity contribution in [3.8, 4) is 0 Å². The first-order chi connectivity index (χ1) is 7.15. The fourth-order valence-electron chi connectivity index (χ4n) is 1.20. The zero-order valence-electron chi connectivity index (χ0n) is 8.24. The number of hydrogen-bond acceptors (Lipinski definition) is 1. The molecule has 1 nitrogen and oxygen atoms in total. The lowest BCUT2D eigenvalue weighted by molar-refractivity contribution is -0.105. The van der Waals surface area contributed by atoms with Crippen LogP contribution >= 0.6 is 22.6 Å². The zero-order valence-corrected chi connectivity index (χ0v) is 10.4. The summed E-state index contributed by atoms with van der Waals surface area (Å²) in [5.74, 6) is 0. The monoisotopic (exact) mass is 310 g/mol. The highest BCUT2D eigenvalue weighted by atomic mass is 127. The first-order valence-electron chi connectivity index (χ1n) is 4.43. The van der Waals surface area contributed by atoms with E-state index in [1.807, 2.05) is 18.2 Å². The van der Waals surface area contributed by atoms with Crippen molar-refractivity contribution < 1.29 is 4.79 Å². The van der Waals surface area contributed by atoms with E-state index in [1.165, 1.54) is 6.08 Å². The summed E-state index contributed by atoms with van der Waals surface area (Å²) in [5.41, 5.74) is 3.02. The van der Waals surface area contributed by atoms with Gasteiger partial charge in [0.25, 0.3) is 0 Å². The van der Waals surface area contributed by atoms with Gasteiger partial charge < -0.3 is 0 Å². The third-order valence-corrected chi connectivity index (χ3v) is 2.24. The molecule has 15 heavy (non-hydrogen) atoms. The fourth-order valence-corrected chi connectivity index (χ4v) is 1.38. The average Bonchev–Trinajstić information content (AvgIpc) is 2.25. The second-order valence-corrected chi connectivity index (χ2v) is 4.04. The molecule has 0 fully saturated rings. The second kappa shape index (κ2) is 5.66. The number of rotatable bonds is 4. The van der Waals surface area contributed by atoms with Gasteiger partial charge >= 0.3 is 0 Å². The minimum atomic E-state index is 0.0109. The highest BCUT2D eigenvalue weighted by Gasteiger charge is 1.94. The summed E-state index contributed by atoms with van der Waals surface area (Å²) in [6, 6.07) is 5.93. The van der Waals surface area contributed by atoms with E-state index in [0.29, 0.717) is 0 Å². The SMILES string of the molecule is C=Cc1cc(C=C)cc(/C=C\C(=O)I)c1. The molecule has 1 rings (SSSR count). The molecule has 0 atom stereocenters. The van der Waals surface area contributed by atoms with Crippen LogP contribution in [0, 0.1) is 0 Å². The second-order valence-electron chi connectivity index (χ2n) is 2.98. The molecule has 1 aromatic rings. The van der Waals surface area contributed by atoms with Crippen LogP contribution in [0.4, 0.5) is 0 Å². The van der Waals surface area contributed by atoms with Gasteiger partial charge in [0.1, 0.15) is 0 Å². The van der Waals surface area contributed by atoms with Crippen molar-refractivity contribution in [1.29, 1.82) is 0 Å². The predicted octanol–water partition coefficient (Wildman–Crippen LogP) is 3.95. The summed E-state index contributed by atoms with van der Waals surface area (Å²) >= 11 is 1.74. The summed E-state index contributed by atoms with van der Waals surface area (Å²) < 4.78 is 0.0109. The molecular formula is C13H11IO. The number of hydrogen-bond donors (Lipinski definition) is 0. The molecule has 0 saturated heterocycles. The van der Waals surface area contributed by atoms with Crippen LogP contribution in [0.2, 0.25) is 0 Å². The molecule has 76 valence electrons. The lowest BCUT2D eigenvalue weighted by atomic mass is 10.1. The molecule has 0 aliphatic heterocycles. The number of benzene rings is 1. The molecule has 0 saturated carbocycles. The van der Waals surface area contributed by atoms with Crippen molar-refractivity contribution >= 4 is 44.6 Å². The Morgan fingerprint density at radius 3 is 1.93 bits per heavy atom. The van der Waals surface area contributed by atoms with Crippen molar-refractivity contribution in [3.63, 3.8) is 0 Å². The Bertz CT molecular complexity index is 404. The first kappa shape index (κ1) is 11.9. The van der Waals surface area contributed by atoms with E-state index >= 15 is 0 Å². The van der Waals surface area contributed by atoms with E-state index in [-0.39, 0.29) is 3.79 Å². The minimum absolute atomic E-state index is 0.0109. The zero-order chi connectivity index (χ0) is 11.3. The molecule has 1 aromatic carbocycles. The Morgan fingerprint density at radius 2 is 1.53 bits per heavy atom. The van der Waals surface area contributed by atoms with Crippen molar-refractivity contribution in [3.05, 3.63) is 54.1 Å². The van der Waals surface area contributed by atoms with E-state index in [2.05, 4.69) is 13.2 Å². The summed E-state index contributed by atoms with van der Waals surface area (Å²) in [6.45, 7) is 7.43. The van der Waals surface area contributed by atoms with Crippen LogP contribution in [0.25, 0.3) is 18.2 Å². The van der Waals surface area contributed by atoms with E-state index in [9.17, 15) is 4.79 Å². The van der Waals surface area contributed by atoms with Crippen LogP contribution in [0.5, 0.6) is 0 Å². The summed E-state index contributed by atoms with van der Waals surface area (Å²) in [7, 11) is 0. The van der Waals surface area contributed by atoms with Gasteiger partial charge in [-0.05, 0) is 41.0 Å². The maximum absolute atomic E-state index is 10.8. The van der Waals surface area contributed by atoms with E-state index in [1.54, 1.807) is 40.8 Å². The van der Waals surface area contributed by atoms with Gasteiger partial charge in [-0.25, -0.2) is 0 Å². The smallest absolute Gasteiger partial charge is 0.215 e. The van der Waals surface area contributed by atoms with Crippen LogP contribution in [0.3, 0.4) is 0 Å². The van der Waals surface area contributed by atoms with Crippen LogP contribution in [-0.4, -0.2) is 3.79 Å². The summed E-state index contributed by atoms with van der Waals surface area (Å²) in [4.78, 5) is 10.8. The minimum Gasteiger partial charge on any atom is -0.283 e. The Morgan fingerprint density at radius 1 is 1.07 bits per heavy atom. The number of carbonyl (C=O) groups excluding carboxylic acids is 1. The van der Waals surface area contributed by atoms with Gasteiger partial charge in [0.15, 0.2) is 0 Å². The molecule has 0 spiro atoms. The summed E-state index contributed by atoms with van der Waals surface area (Å²) in [6.07, 6.45) is 6.87. The normalized spacial score (nSPS) is 10.2. The van der Waals surface area contributed by atoms with Gasteiger partial charge in [-0.15, -0.1) is 0 Å². The molecule has 0 radical (unpaired) electrons. The quantitative estimate of drug-likeness (QED) is 0.467. The highest BCUT2D eigenvalue weighted by Crippen LogP contribution is 2.14. The molecule has 0 heterocycles. The fraction of sp³-hybridized carbons (Fsp3) is 0. The van der Waals surface area contributed by atoms with Crippen LogP contribution in [-0.2, 0) is 4.79 Å². The standard InChI is InChI=1S/C13H11IO/c1-3-10-7-11(4-2)9-12(8-10)5-6-13(14)15/h3-9H,1-2H2/b6-5-. The van der Waals surface area contributed by atoms with Crippen molar-refractivity contribution in [2.75, 3.05) is 0 Å². The van der Waals surface area contributed by atoms with E-state index in [4.69, 9.17) is 0 Å². The molecule has 0 aliphatic rings.